The topological polar surface area (TPSA) is 80.3 Å². The van der Waals surface area contributed by atoms with E-state index in [0.29, 0.717) is 23.7 Å². The normalized spacial score (nSPS) is 12.2. The molecule has 1 aromatic heterocycles. The zero-order valence-corrected chi connectivity index (χ0v) is 18.1. The van der Waals surface area contributed by atoms with Gasteiger partial charge in [0.15, 0.2) is 0 Å². The second-order valence-corrected chi connectivity index (χ2v) is 7.99. The highest BCUT2D eigenvalue weighted by molar-refractivity contribution is 7.86. The standard InChI is InChI=1S/C21H17ClF3N3O3S/c1-2-26-20(29)19-11-15(9-10-27-19)31-14-5-3-13(4-6-14)28-32(30)16-7-8-18(22)17(12-16)21(23,24)25/h3-12,28H,2H2,1H3,(H,26,29). The Kier molecular flexibility index (Phi) is 7.37. The average Bonchev–Trinajstić information content (AvgIpc) is 2.75. The lowest BCUT2D eigenvalue weighted by molar-refractivity contribution is -0.137. The Morgan fingerprint density at radius 1 is 1.09 bits per heavy atom. The van der Waals surface area contributed by atoms with Crippen LogP contribution >= 0.6 is 11.6 Å². The molecule has 1 unspecified atom stereocenters. The fourth-order valence-corrected chi connectivity index (χ4v) is 3.69. The van der Waals surface area contributed by atoms with Crippen molar-refractivity contribution in [2.24, 2.45) is 0 Å². The number of aromatic nitrogens is 1. The number of hydrogen-bond donors (Lipinski definition) is 2. The number of anilines is 1. The number of nitrogens with one attached hydrogen (secondary N) is 2. The SMILES string of the molecule is CCNC(=O)c1cc(Oc2ccc(NS(=O)c3ccc(Cl)c(C(F)(F)F)c3)cc2)ccn1. The van der Waals surface area contributed by atoms with E-state index >= 15 is 0 Å². The highest BCUT2D eigenvalue weighted by atomic mass is 35.5. The van der Waals surface area contributed by atoms with E-state index in [0.717, 1.165) is 12.1 Å². The van der Waals surface area contributed by atoms with Crippen LogP contribution in [0.15, 0.2) is 65.7 Å². The number of ether oxygens (including phenoxy) is 1. The molecule has 0 bridgehead atoms. The van der Waals surface area contributed by atoms with Gasteiger partial charge in [-0.1, -0.05) is 11.6 Å². The Hall–Kier alpha value is -3.11. The minimum absolute atomic E-state index is 0.0725. The zero-order chi connectivity index (χ0) is 23.3. The van der Waals surface area contributed by atoms with Gasteiger partial charge in [0.05, 0.1) is 15.5 Å². The van der Waals surface area contributed by atoms with Gasteiger partial charge in [-0.2, -0.15) is 13.2 Å². The summed E-state index contributed by atoms with van der Waals surface area (Å²) < 4.78 is 59.8. The Balaban J connectivity index is 1.68. The molecule has 3 aromatic rings. The third-order valence-corrected chi connectivity index (χ3v) is 5.49. The Morgan fingerprint density at radius 2 is 1.81 bits per heavy atom. The van der Waals surface area contributed by atoms with Crippen LogP contribution in [0.3, 0.4) is 0 Å². The van der Waals surface area contributed by atoms with E-state index in [9.17, 15) is 22.2 Å². The van der Waals surface area contributed by atoms with Crippen molar-refractivity contribution in [3.05, 3.63) is 77.1 Å². The number of rotatable bonds is 7. The van der Waals surface area contributed by atoms with Crippen molar-refractivity contribution in [3.63, 3.8) is 0 Å². The van der Waals surface area contributed by atoms with Crippen LogP contribution in [0.2, 0.25) is 5.02 Å². The van der Waals surface area contributed by atoms with Crippen LogP contribution < -0.4 is 14.8 Å². The number of hydrogen-bond acceptors (Lipinski definition) is 4. The summed E-state index contributed by atoms with van der Waals surface area (Å²) in [4.78, 5) is 15.8. The summed E-state index contributed by atoms with van der Waals surface area (Å²) in [6.45, 7) is 2.26. The van der Waals surface area contributed by atoms with Crippen LogP contribution in [0.5, 0.6) is 11.5 Å². The maximum Gasteiger partial charge on any atom is 0.417 e. The molecule has 0 saturated heterocycles. The molecule has 0 radical (unpaired) electrons. The zero-order valence-electron chi connectivity index (χ0n) is 16.6. The van der Waals surface area contributed by atoms with Gasteiger partial charge in [0.1, 0.15) is 28.2 Å². The lowest BCUT2D eigenvalue weighted by atomic mass is 10.2. The van der Waals surface area contributed by atoms with Crippen molar-refractivity contribution in [1.82, 2.24) is 10.3 Å². The van der Waals surface area contributed by atoms with Gasteiger partial charge >= 0.3 is 6.18 Å². The minimum Gasteiger partial charge on any atom is -0.457 e. The second kappa shape index (κ2) is 10.0. The van der Waals surface area contributed by atoms with E-state index in [1.807, 2.05) is 0 Å². The fourth-order valence-electron chi connectivity index (χ4n) is 2.58. The summed E-state index contributed by atoms with van der Waals surface area (Å²) in [5, 5.41) is 2.18. The summed E-state index contributed by atoms with van der Waals surface area (Å²) in [5.41, 5.74) is -0.448. The summed E-state index contributed by atoms with van der Waals surface area (Å²) in [6, 6.07) is 12.4. The summed E-state index contributed by atoms with van der Waals surface area (Å²) in [7, 11) is -1.94. The number of carbonyl (C=O) groups excluding carboxylic acids is 1. The molecule has 0 aliphatic carbocycles. The van der Waals surface area contributed by atoms with Crippen molar-refractivity contribution in [2.75, 3.05) is 11.3 Å². The molecule has 1 heterocycles. The van der Waals surface area contributed by atoms with E-state index in [4.69, 9.17) is 16.3 Å². The fraction of sp³-hybridized carbons (Fsp3) is 0.143. The first-order valence-corrected chi connectivity index (χ1v) is 10.8. The Morgan fingerprint density at radius 3 is 2.47 bits per heavy atom. The second-order valence-electron chi connectivity index (χ2n) is 6.37. The molecule has 3 rings (SSSR count). The molecule has 1 amide bonds. The molecule has 6 nitrogen and oxygen atoms in total. The van der Waals surface area contributed by atoms with Crippen LogP contribution in [0.1, 0.15) is 23.0 Å². The first-order chi connectivity index (χ1) is 15.2. The van der Waals surface area contributed by atoms with Crippen LogP contribution in [-0.4, -0.2) is 21.6 Å². The van der Waals surface area contributed by atoms with Crippen LogP contribution in [0.4, 0.5) is 18.9 Å². The Labute approximate surface area is 189 Å². The number of benzene rings is 2. The quantitative estimate of drug-likeness (QED) is 0.469. The minimum atomic E-state index is -4.65. The molecule has 0 spiro atoms. The maximum atomic E-state index is 13.0. The highest BCUT2D eigenvalue weighted by Crippen LogP contribution is 2.35. The predicted molar refractivity (Wildman–Crippen MR) is 115 cm³/mol. The third kappa shape index (κ3) is 5.98. The van der Waals surface area contributed by atoms with Crippen LogP contribution in [0.25, 0.3) is 0 Å². The van der Waals surface area contributed by atoms with Crippen LogP contribution in [0, 0.1) is 0 Å². The monoisotopic (exact) mass is 483 g/mol. The number of halogens is 4. The molecule has 32 heavy (non-hydrogen) atoms. The first-order valence-electron chi connectivity index (χ1n) is 9.24. The first kappa shape index (κ1) is 23.6. The number of pyridine rings is 1. The maximum absolute atomic E-state index is 13.0. The van der Waals surface area contributed by atoms with Gasteiger partial charge in [-0.05, 0) is 55.5 Å². The van der Waals surface area contributed by atoms with Crippen LogP contribution in [-0.2, 0) is 17.2 Å². The van der Waals surface area contributed by atoms with Gasteiger partial charge in [-0.15, -0.1) is 0 Å². The average molecular weight is 484 g/mol. The van der Waals surface area contributed by atoms with Crippen molar-refractivity contribution >= 4 is 34.2 Å². The molecule has 0 aliphatic rings. The summed E-state index contributed by atoms with van der Waals surface area (Å²) >= 11 is 5.59. The van der Waals surface area contributed by atoms with E-state index in [1.165, 1.54) is 18.3 Å². The van der Waals surface area contributed by atoms with Gasteiger partial charge < -0.3 is 14.8 Å². The Bertz CT molecular complexity index is 1140. The molecule has 168 valence electrons. The number of amides is 1. The number of alkyl halides is 3. The highest BCUT2D eigenvalue weighted by Gasteiger charge is 2.33. The molecule has 0 saturated carbocycles. The van der Waals surface area contributed by atoms with Gasteiger partial charge in [-0.25, -0.2) is 4.21 Å². The van der Waals surface area contributed by atoms with E-state index in [-0.39, 0.29) is 16.5 Å². The van der Waals surface area contributed by atoms with Gasteiger partial charge in [0.25, 0.3) is 5.91 Å². The molecular weight excluding hydrogens is 467 g/mol. The molecule has 1 atom stereocenters. The van der Waals surface area contributed by atoms with Crippen molar-refractivity contribution in [1.29, 1.82) is 0 Å². The van der Waals surface area contributed by atoms with Gasteiger partial charge in [0, 0.05) is 24.5 Å². The predicted octanol–water partition coefficient (Wildman–Crippen LogP) is 5.43. The molecule has 0 fully saturated rings. The lowest BCUT2D eigenvalue weighted by Gasteiger charge is -2.12. The summed E-state index contributed by atoms with van der Waals surface area (Å²) in [6.07, 6.45) is -3.21. The molecule has 2 N–H and O–H groups in total. The van der Waals surface area contributed by atoms with Gasteiger partial charge in [-0.3, -0.25) is 9.78 Å². The summed E-state index contributed by atoms with van der Waals surface area (Å²) in [5.74, 6) is 0.502. The lowest BCUT2D eigenvalue weighted by Crippen LogP contribution is -2.23. The van der Waals surface area contributed by atoms with Crippen molar-refractivity contribution < 1.29 is 26.9 Å². The van der Waals surface area contributed by atoms with E-state index < -0.39 is 27.7 Å². The van der Waals surface area contributed by atoms with E-state index in [2.05, 4.69) is 15.0 Å². The molecule has 0 aliphatic heterocycles. The molecular formula is C21H17ClF3N3O3S. The molecule has 11 heteroatoms. The largest absolute Gasteiger partial charge is 0.457 e. The smallest absolute Gasteiger partial charge is 0.417 e. The van der Waals surface area contributed by atoms with E-state index in [1.54, 1.807) is 37.3 Å². The molecule has 2 aromatic carbocycles. The third-order valence-electron chi connectivity index (χ3n) is 4.06. The van der Waals surface area contributed by atoms with Gasteiger partial charge in [0.2, 0.25) is 0 Å². The number of carbonyl (C=O) groups is 1. The van der Waals surface area contributed by atoms with Crippen molar-refractivity contribution in [2.45, 2.75) is 18.0 Å². The number of nitrogens with zero attached hydrogens (tertiary/aromatic N) is 1. The van der Waals surface area contributed by atoms with Crippen molar-refractivity contribution in [3.8, 4) is 11.5 Å².